The highest BCUT2D eigenvalue weighted by molar-refractivity contribution is 5.95. The monoisotopic (exact) mass is 272 g/mol. The van der Waals surface area contributed by atoms with Crippen LogP contribution in [-0.4, -0.2) is 29.5 Å². The van der Waals surface area contributed by atoms with Crippen LogP contribution in [0.5, 0.6) is 5.75 Å². The molecule has 0 saturated carbocycles. The Balaban J connectivity index is 2.18. The molecule has 1 atom stereocenters. The maximum atomic E-state index is 12.5. The summed E-state index contributed by atoms with van der Waals surface area (Å²) in [5, 5.41) is 9.16. The van der Waals surface area contributed by atoms with Gasteiger partial charge in [0.15, 0.2) is 0 Å². The van der Waals surface area contributed by atoms with Gasteiger partial charge in [-0.15, -0.1) is 0 Å². The summed E-state index contributed by atoms with van der Waals surface area (Å²) in [7, 11) is 0. The van der Waals surface area contributed by atoms with E-state index in [9.17, 15) is 4.79 Å². The van der Waals surface area contributed by atoms with Gasteiger partial charge in [-0.3, -0.25) is 4.79 Å². The fourth-order valence-electron chi connectivity index (χ4n) is 2.45. The number of piperidine rings is 1. The van der Waals surface area contributed by atoms with Crippen LogP contribution in [-0.2, 0) is 0 Å². The maximum Gasteiger partial charge on any atom is 0.255 e. The molecule has 0 spiro atoms. The van der Waals surface area contributed by atoms with E-state index in [0.29, 0.717) is 17.9 Å². The molecule has 4 nitrogen and oxygen atoms in total. The summed E-state index contributed by atoms with van der Waals surface area (Å²) in [5.41, 5.74) is 0.588. The van der Waals surface area contributed by atoms with Crippen molar-refractivity contribution in [3.8, 4) is 11.8 Å². The first kappa shape index (κ1) is 14.4. The molecule has 0 aliphatic carbocycles. The lowest BCUT2D eigenvalue weighted by molar-refractivity contribution is 0.0670. The third-order valence-electron chi connectivity index (χ3n) is 3.37. The van der Waals surface area contributed by atoms with Crippen LogP contribution in [0.15, 0.2) is 24.3 Å². The highest BCUT2D eigenvalue weighted by Gasteiger charge is 2.27. The van der Waals surface area contributed by atoms with Gasteiger partial charge in [-0.25, -0.2) is 0 Å². The summed E-state index contributed by atoms with van der Waals surface area (Å²) in [6.45, 7) is 4.56. The molecule has 106 valence electrons. The fourth-order valence-corrected chi connectivity index (χ4v) is 2.45. The number of amides is 1. The van der Waals surface area contributed by atoms with Crippen LogP contribution in [0.3, 0.4) is 0 Å². The van der Waals surface area contributed by atoms with Gasteiger partial charge in [-0.05, 0) is 51.3 Å². The lowest BCUT2D eigenvalue weighted by atomic mass is 10.0. The van der Waals surface area contributed by atoms with Gasteiger partial charge < -0.3 is 9.64 Å². The van der Waals surface area contributed by atoms with E-state index in [2.05, 4.69) is 6.07 Å². The molecule has 1 aliphatic rings. The fraction of sp³-hybridized carbons (Fsp3) is 0.500. The zero-order chi connectivity index (χ0) is 14.5. The van der Waals surface area contributed by atoms with Gasteiger partial charge in [-0.2, -0.15) is 5.26 Å². The van der Waals surface area contributed by atoms with Crippen LogP contribution in [0.25, 0.3) is 0 Å². The summed E-state index contributed by atoms with van der Waals surface area (Å²) < 4.78 is 5.61. The number of hydrogen-bond acceptors (Lipinski definition) is 3. The standard InChI is InChI=1S/C16H20N2O2/c1-12(2)20-15-8-5-6-13(10-15)16(19)18-9-4-3-7-14(18)11-17/h5-6,8,10,12,14H,3-4,7,9H2,1-2H3. The van der Waals surface area contributed by atoms with Gasteiger partial charge in [0, 0.05) is 12.1 Å². The Hall–Kier alpha value is -2.02. The van der Waals surface area contributed by atoms with E-state index in [1.54, 1.807) is 17.0 Å². The SMILES string of the molecule is CC(C)Oc1cccc(C(=O)N2CCCCC2C#N)c1. The van der Waals surface area contributed by atoms with E-state index in [1.807, 2.05) is 26.0 Å². The van der Waals surface area contributed by atoms with Crippen LogP contribution in [0.4, 0.5) is 0 Å². The van der Waals surface area contributed by atoms with Crippen molar-refractivity contribution in [2.24, 2.45) is 0 Å². The molecule has 2 rings (SSSR count). The molecule has 1 aromatic rings. The van der Waals surface area contributed by atoms with E-state index in [1.165, 1.54) is 0 Å². The maximum absolute atomic E-state index is 12.5. The predicted octanol–water partition coefficient (Wildman–Crippen LogP) is 2.99. The number of likely N-dealkylation sites (tertiary alicyclic amines) is 1. The van der Waals surface area contributed by atoms with Crippen LogP contribution in [0.2, 0.25) is 0 Å². The van der Waals surface area contributed by atoms with E-state index in [0.717, 1.165) is 19.3 Å². The quantitative estimate of drug-likeness (QED) is 0.850. The van der Waals surface area contributed by atoms with Crippen LogP contribution >= 0.6 is 0 Å². The third kappa shape index (κ3) is 3.30. The van der Waals surface area contributed by atoms with Crippen molar-refractivity contribution in [2.45, 2.75) is 45.3 Å². The molecule has 1 heterocycles. The lowest BCUT2D eigenvalue weighted by Crippen LogP contribution is -2.42. The Morgan fingerprint density at radius 2 is 2.25 bits per heavy atom. The summed E-state index contributed by atoms with van der Waals surface area (Å²) in [6.07, 6.45) is 2.82. The number of ether oxygens (including phenoxy) is 1. The molecular formula is C16H20N2O2. The first-order valence-corrected chi connectivity index (χ1v) is 7.09. The number of hydrogen-bond donors (Lipinski definition) is 0. The van der Waals surface area contributed by atoms with Crippen molar-refractivity contribution in [1.82, 2.24) is 4.90 Å². The van der Waals surface area contributed by atoms with Crippen molar-refractivity contribution in [3.05, 3.63) is 29.8 Å². The Morgan fingerprint density at radius 3 is 2.95 bits per heavy atom. The van der Waals surface area contributed by atoms with Gasteiger partial charge in [0.05, 0.1) is 12.2 Å². The van der Waals surface area contributed by atoms with Gasteiger partial charge >= 0.3 is 0 Å². The molecule has 1 saturated heterocycles. The second-order valence-corrected chi connectivity index (χ2v) is 5.33. The van der Waals surface area contributed by atoms with E-state index in [4.69, 9.17) is 10.00 Å². The highest BCUT2D eigenvalue weighted by atomic mass is 16.5. The molecule has 0 bridgehead atoms. The number of carbonyl (C=O) groups excluding carboxylic acids is 1. The number of nitrogens with zero attached hydrogens (tertiary/aromatic N) is 2. The molecule has 0 radical (unpaired) electrons. The Morgan fingerprint density at radius 1 is 1.45 bits per heavy atom. The molecular weight excluding hydrogens is 252 g/mol. The molecule has 1 aliphatic heterocycles. The average Bonchev–Trinajstić information content (AvgIpc) is 2.46. The Labute approximate surface area is 120 Å². The number of benzene rings is 1. The molecule has 0 aromatic heterocycles. The number of rotatable bonds is 3. The minimum atomic E-state index is -0.300. The van der Waals surface area contributed by atoms with Crippen molar-refractivity contribution in [3.63, 3.8) is 0 Å². The van der Waals surface area contributed by atoms with Gasteiger partial charge in [0.1, 0.15) is 11.8 Å². The first-order valence-electron chi connectivity index (χ1n) is 7.09. The summed E-state index contributed by atoms with van der Waals surface area (Å²) in [5.74, 6) is 0.613. The molecule has 1 unspecified atom stereocenters. The molecule has 4 heteroatoms. The summed E-state index contributed by atoms with van der Waals surface area (Å²) >= 11 is 0. The van der Waals surface area contributed by atoms with Crippen molar-refractivity contribution in [1.29, 1.82) is 5.26 Å². The zero-order valence-corrected chi connectivity index (χ0v) is 12.0. The summed E-state index contributed by atoms with van der Waals surface area (Å²) in [4.78, 5) is 14.2. The predicted molar refractivity (Wildman–Crippen MR) is 76.5 cm³/mol. The number of nitriles is 1. The average molecular weight is 272 g/mol. The highest BCUT2D eigenvalue weighted by Crippen LogP contribution is 2.21. The zero-order valence-electron chi connectivity index (χ0n) is 12.0. The normalized spacial score (nSPS) is 18.7. The van der Waals surface area contributed by atoms with Gasteiger partial charge in [0.2, 0.25) is 0 Å². The van der Waals surface area contributed by atoms with Crippen LogP contribution in [0.1, 0.15) is 43.5 Å². The molecule has 20 heavy (non-hydrogen) atoms. The molecule has 1 amide bonds. The minimum Gasteiger partial charge on any atom is -0.491 e. The first-order chi connectivity index (χ1) is 9.61. The van der Waals surface area contributed by atoms with Crippen LogP contribution < -0.4 is 4.74 Å². The number of carbonyl (C=O) groups is 1. The van der Waals surface area contributed by atoms with E-state index >= 15 is 0 Å². The molecule has 0 N–H and O–H groups in total. The second kappa shape index (κ2) is 6.42. The smallest absolute Gasteiger partial charge is 0.255 e. The Bertz CT molecular complexity index is 519. The second-order valence-electron chi connectivity index (χ2n) is 5.33. The topological polar surface area (TPSA) is 53.3 Å². The minimum absolute atomic E-state index is 0.0715. The Kier molecular flexibility index (Phi) is 4.62. The van der Waals surface area contributed by atoms with Crippen molar-refractivity contribution in [2.75, 3.05) is 6.54 Å². The molecule has 1 fully saturated rings. The van der Waals surface area contributed by atoms with Crippen molar-refractivity contribution >= 4 is 5.91 Å². The van der Waals surface area contributed by atoms with Crippen LogP contribution in [0, 0.1) is 11.3 Å². The van der Waals surface area contributed by atoms with E-state index < -0.39 is 0 Å². The molecule has 1 aromatic carbocycles. The summed E-state index contributed by atoms with van der Waals surface area (Å²) in [6, 6.07) is 9.11. The van der Waals surface area contributed by atoms with Gasteiger partial charge in [0.25, 0.3) is 5.91 Å². The van der Waals surface area contributed by atoms with Crippen molar-refractivity contribution < 1.29 is 9.53 Å². The lowest BCUT2D eigenvalue weighted by Gasteiger charge is -2.31. The third-order valence-corrected chi connectivity index (χ3v) is 3.37. The van der Waals surface area contributed by atoms with E-state index in [-0.39, 0.29) is 18.1 Å². The van der Waals surface area contributed by atoms with Gasteiger partial charge in [-0.1, -0.05) is 6.07 Å². The largest absolute Gasteiger partial charge is 0.491 e.